The van der Waals surface area contributed by atoms with Crippen LogP contribution in [-0.4, -0.2) is 17.7 Å². The zero-order chi connectivity index (χ0) is 13.4. The van der Waals surface area contributed by atoms with Gasteiger partial charge in [-0.05, 0) is 11.6 Å². The summed E-state index contributed by atoms with van der Waals surface area (Å²) < 4.78 is 19.3. The number of rotatable bonds is 2. The number of carbonyl (C=O) groups is 1. The molecule has 0 aliphatic carbocycles. The summed E-state index contributed by atoms with van der Waals surface area (Å²) in [5, 5.41) is 9.18. The minimum Gasteiger partial charge on any atom is -0.492 e. The van der Waals surface area contributed by atoms with Crippen molar-refractivity contribution in [3.05, 3.63) is 53.3 Å². The van der Waals surface area contributed by atoms with Crippen molar-refractivity contribution in [3.8, 4) is 16.9 Å². The lowest BCUT2D eigenvalue weighted by Gasteiger charge is -2.11. The lowest BCUT2D eigenvalue weighted by Crippen LogP contribution is -2.03. The number of benzene rings is 2. The Morgan fingerprint density at radius 3 is 2.68 bits per heavy atom. The van der Waals surface area contributed by atoms with Gasteiger partial charge in [0.2, 0.25) is 0 Å². The Kier molecular flexibility index (Phi) is 2.71. The Morgan fingerprint density at radius 1 is 1.16 bits per heavy atom. The second-order valence-corrected chi connectivity index (χ2v) is 4.36. The Hall–Kier alpha value is -2.36. The maximum Gasteiger partial charge on any atom is 0.339 e. The van der Waals surface area contributed by atoms with Gasteiger partial charge < -0.3 is 9.84 Å². The summed E-state index contributed by atoms with van der Waals surface area (Å²) in [6.45, 7) is 0.573. The molecule has 0 spiro atoms. The summed E-state index contributed by atoms with van der Waals surface area (Å²) in [6, 6.07) is 9.78. The van der Waals surface area contributed by atoms with Crippen LogP contribution in [-0.2, 0) is 6.42 Å². The lowest BCUT2D eigenvalue weighted by atomic mass is 9.96. The molecule has 0 saturated heterocycles. The highest BCUT2D eigenvalue weighted by Gasteiger charge is 2.22. The van der Waals surface area contributed by atoms with Crippen molar-refractivity contribution in [1.29, 1.82) is 0 Å². The van der Waals surface area contributed by atoms with Gasteiger partial charge >= 0.3 is 5.97 Å². The molecule has 1 N–H and O–H groups in total. The van der Waals surface area contributed by atoms with Crippen LogP contribution in [0.1, 0.15) is 15.9 Å². The predicted molar refractivity (Wildman–Crippen MR) is 68.0 cm³/mol. The van der Waals surface area contributed by atoms with E-state index in [1.807, 2.05) is 12.1 Å². The van der Waals surface area contributed by atoms with Crippen LogP contribution in [0.2, 0.25) is 0 Å². The molecule has 3 rings (SSSR count). The van der Waals surface area contributed by atoms with Gasteiger partial charge in [0.15, 0.2) is 0 Å². The summed E-state index contributed by atoms with van der Waals surface area (Å²) in [6.07, 6.45) is 0.793. The van der Waals surface area contributed by atoms with Crippen molar-refractivity contribution >= 4 is 5.97 Å². The molecule has 0 aromatic heterocycles. The number of ether oxygens (including phenoxy) is 1. The van der Waals surface area contributed by atoms with Crippen molar-refractivity contribution in [1.82, 2.24) is 0 Å². The number of aromatic carboxylic acids is 1. The van der Waals surface area contributed by atoms with Crippen molar-refractivity contribution in [3.63, 3.8) is 0 Å². The molecule has 0 fully saturated rings. The van der Waals surface area contributed by atoms with Gasteiger partial charge in [-0.1, -0.05) is 30.3 Å². The number of hydrogen-bond donors (Lipinski definition) is 1. The summed E-state index contributed by atoms with van der Waals surface area (Å²) >= 11 is 0. The van der Waals surface area contributed by atoms with Crippen LogP contribution in [0.4, 0.5) is 4.39 Å². The second-order valence-electron chi connectivity index (χ2n) is 4.36. The average Bonchev–Trinajstić information content (AvgIpc) is 2.85. The monoisotopic (exact) mass is 258 g/mol. The summed E-state index contributed by atoms with van der Waals surface area (Å²) in [5.74, 6) is -1.35. The molecule has 96 valence electrons. The molecule has 19 heavy (non-hydrogen) atoms. The zero-order valence-corrected chi connectivity index (χ0v) is 10.0. The number of carboxylic acid groups (broad SMARTS) is 1. The maximum absolute atomic E-state index is 13.7. The molecule has 0 amide bonds. The van der Waals surface area contributed by atoms with Crippen LogP contribution < -0.4 is 4.74 Å². The fourth-order valence-corrected chi connectivity index (χ4v) is 2.39. The van der Waals surface area contributed by atoms with Crippen LogP contribution >= 0.6 is 0 Å². The molecule has 0 saturated carbocycles. The summed E-state index contributed by atoms with van der Waals surface area (Å²) in [4.78, 5) is 11.2. The van der Waals surface area contributed by atoms with Crippen molar-refractivity contribution in [2.45, 2.75) is 6.42 Å². The van der Waals surface area contributed by atoms with Gasteiger partial charge in [0.1, 0.15) is 17.1 Å². The average molecular weight is 258 g/mol. The molecule has 1 aliphatic rings. The first-order chi connectivity index (χ1) is 9.18. The number of halogens is 1. The van der Waals surface area contributed by atoms with Crippen LogP contribution in [0, 0.1) is 5.82 Å². The third-order valence-corrected chi connectivity index (χ3v) is 3.23. The van der Waals surface area contributed by atoms with Crippen molar-refractivity contribution in [2.75, 3.05) is 6.61 Å². The molecule has 0 unspecified atom stereocenters. The van der Waals surface area contributed by atoms with Crippen LogP contribution in [0.25, 0.3) is 11.1 Å². The van der Waals surface area contributed by atoms with Crippen LogP contribution in [0.15, 0.2) is 36.4 Å². The van der Waals surface area contributed by atoms with Gasteiger partial charge in [-0.2, -0.15) is 0 Å². The maximum atomic E-state index is 13.7. The van der Waals surface area contributed by atoms with E-state index >= 15 is 0 Å². The third kappa shape index (κ3) is 1.85. The Labute approximate surface area is 109 Å². The summed E-state index contributed by atoms with van der Waals surface area (Å²) in [7, 11) is 0. The van der Waals surface area contributed by atoms with Crippen molar-refractivity contribution in [2.24, 2.45) is 0 Å². The van der Waals surface area contributed by atoms with E-state index in [1.54, 1.807) is 12.1 Å². The van der Waals surface area contributed by atoms with E-state index in [0.29, 0.717) is 23.5 Å². The van der Waals surface area contributed by atoms with E-state index in [1.165, 1.54) is 6.07 Å². The van der Waals surface area contributed by atoms with Crippen LogP contribution in [0.3, 0.4) is 0 Å². The first-order valence-electron chi connectivity index (χ1n) is 5.95. The molecule has 0 bridgehead atoms. The fourth-order valence-electron chi connectivity index (χ4n) is 2.39. The van der Waals surface area contributed by atoms with E-state index in [4.69, 9.17) is 4.74 Å². The molecule has 1 aliphatic heterocycles. The highest BCUT2D eigenvalue weighted by molar-refractivity contribution is 5.97. The van der Waals surface area contributed by atoms with Crippen molar-refractivity contribution < 1.29 is 19.0 Å². The quantitative estimate of drug-likeness (QED) is 0.900. The van der Waals surface area contributed by atoms with Gasteiger partial charge in [-0.25, -0.2) is 9.18 Å². The predicted octanol–water partition coefficient (Wildman–Crippen LogP) is 3.13. The second kappa shape index (κ2) is 4.39. The van der Waals surface area contributed by atoms with E-state index < -0.39 is 11.8 Å². The van der Waals surface area contributed by atoms with Gasteiger partial charge in [-0.15, -0.1) is 0 Å². The zero-order valence-electron chi connectivity index (χ0n) is 10.0. The summed E-state index contributed by atoms with van der Waals surface area (Å²) in [5.41, 5.74) is 1.70. The minimum absolute atomic E-state index is 0.314. The lowest BCUT2D eigenvalue weighted by molar-refractivity contribution is 0.0693. The number of fused-ring (bicyclic) bond motifs is 1. The Bertz CT molecular complexity index is 664. The SMILES string of the molecule is O=C(O)c1c(F)cccc1-c1cccc2c1OCC2. The minimum atomic E-state index is -1.27. The first kappa shape index (κ1) is 11.7. The van der Waals surface area contributed by atoms with E-state index in [0.717, 1.165) is 18.1 Å². The highest BCUT2D eigenvalue weighted by atomic mass is 19.1. The molecule has 0 atom stereocenters. The normalized spacial score (nSPS) is 12.9. The number of para-hydroxylation sites is 1. The van der Waals surface area contributed by atoms with Gasteiger partial charge in [0.25, 0.3) is 0 Å². The molecule has 2 aromatic carbocycles. The van der Waals surface area contributed by atoms with Crippen LogP contribution in [0.5, 0.6) is 5.75 Å². The fraction of sp³-hybridized carbons (Fsp3) is 0.133. The molecular formula is C15H11FO3. The number of hydrogen-bond acceptors (Lipinski definition) is 2. The third-order valence-electron chi connectivity index (χ3n) is 3.23. The Morgan fingerprint density at radius 2 is 1.89 bits per heavy atom. The first-order valence-corrected chi connectivity index (χ1v) is 5.95. The molecule has 1 heterocycles. The van der Waals surface area contributed by atoms with E-state index in [-0.39, 0.29) is 5.56 Å². The van der Waals surface area contributed by atoms with Gasteiger partial charge in [0.05, 0.1) is 6.61 Å². The molecule has 2 aromatic rings. The topological polar surface area (TPSA) is 46.5 Å². The molecule has 3 nitrogen and oxygen atoms in total. The largest absolute Gasteiger partial charge is 0.492 e. The molecular weight excluding hydrogens is 247 g/mol. The molecule has 4 heteroatoms. The highest BCUT2D eigenvalue weighted by Crippen LogP contribution is 2.38. The Balaban J connectivity index is 2.27. The smallest absolute Gasteiger partial charge is 0.339 e. The van der Waals surface area contributed by atoms with E-state index in [9.17, 15) is 14.3 Å². The van der Waals surface area contributed by atoms with Gasteiger partial charge in [0, 0.05) is 17.5 Å². The number of carboxylic acids is 1. The standard InChI is InChI=1S/C15H11FO3/c16-12-6-2-4-10(13(12)15(17)18)11-5-1-3-9-7-8-19-14(9)11/h1-6H,7-8H2,(H,17,18). The molecule has 0 radical (unpaired) electrons. The van der Waals surface area contributed by atoms with E-state index in [2.05, 4.69) is 0 Å². The van der Waals surface area contributed by atoms with Gasteiger partial charge in [-0.3, -0.25) is 0 Å².